The van der Waals surface area contributed by atoms with Crippen molar-refractivity contribution in [3.63, 3.8) is 0 Å². The molecule has 0 amide bonds. The van der Waals surface area contributed by atoms with E-state index in [0.717, 1.165) is 11.8 Å². The summed E-state index contributed by atoms with van der Waals surface area (Å²) in [6.45, 7) is 1.47. The van der Waals surface area contributed by atoms with Gasteiger partial charge in [0.2, 0.25) is 0 Å². The molecule has 0 aliphatic rings. The van der Waals surface area contributed by atoms with E-state index in [9.17, 15) is 14.3 Å². The number of aliphatic carboxylic acids is 1. The van der Waals surface area contributed by atoms with Gasteiger partial charge in [-0.2, -0.15) is 0 Å². The number of benzene rings is 1. The summed E-state index contributed by atoms with van der Waals surface area (Å²) in [6, 6.07) is 5.48. The minimum Gasteiger partial charge on any atom is -0.549 e. The molecule has 1 aromatic heterocycles. The molecule has 0 radical (unpaired) electrons. The van der Waals surface area contributed by atoms with E-state index < -0.39 is 11.2 Å². The third-order valence-corrected chi connectivity index (χ3v) is 3.15. The Kier molecular flexibility index (Phi) is 4.57. The molecule has 0 N–H and O–H groups in total. The third-order valence-electron chi connectivity index (χ3n) is 2.23. The first-order chi connectivity index (χ1) is 9.54. The van der Waals surface area contributed by atoms with Gasteiger partial charge in [-0.1, -0.05) is 11.8 Å². The van der Waals surface area contributed by atoms with Crippen LogP contribution in [0, 0.1) is 5.82 Å². The number of nitrogens with zero attached hydrogens (tertiary/aromatic N) is 2. The van der Waals surface area contributed by atoms with Crippen LogP contribution in [0.2, 0.25) is 0 Å². The third kappa shape index (κ3) is 3.95. The van der Waals surface area contributed by atoms with Crippen LogP contribution >= 0.6 is 11.8 Å². The van der Waals surface area contributed by atoms with E-state index in [-0.39, 0.29) is 23.5 Å². The molecule has 20 heavy (non-hydrogen) atoms. The number of halogens is 1. The fourth-order valence-corrected chi connectivity index (χ4v) is 1.85. The van der Waals surface area contributed by atoms with E-state index in [1.807, 2.05) is 0 Å². The van der Waals surface area contributed by atoms with Gasteiger partial charge in [0.05, 0.1) is 11.2 Å². The molecule has 8 heteroatoms. The number of ether oxygens (including phenoxy) is 1. The molecule has 0 saturated carbocycles. The lowest BCUT2D eigenvalue weighted by Crippen LogP contribution is -2.31. The Hall–Kier alpha value is -2.09. The van der Waals surface area contributed by atoms with Crippen molar-refractivity contribution in [2.45, 2.75) is 24.0 Å². The summed E-state index contributed by atoms with van der Waals surface area (Å²) >= 11 is 0.889. The molecule has 6 nitrogen and oxygen atoms in total. The Morgan fingerprint density at radius 3 is 2.80 bits per heavy atom. The molecule has 1 aromatic carbocycles. The van der Waals surface area contributed by atoms with E-state index in [4.69, 9.17) is 9.15 Å². The summed E-state index contributed by atoms with van der Waals surface area (Å²) in [6.07, 6.45) is 0. The Labute approximate surface area is 118 Å². The van der Waals surface area contributed by atoms with Gasteiger partial charge in [0.15, 0.2) is 6.61 Å². The number of carboxylic acids is 1. The zero-order valence-electron chi connectivity index (χ0n) is 10.4. The summed E-state index contributed by atoms with van der Waals surface area (Å²) in [7, 11) is 0. The molecule has 106 valence electrons. The number of carbonyl (C=O) groups excluding carboxylic acids is 1. The average Bonchev–Trinajstić information content (AvgIpc) is 2.85. The molecule has 2 aromatic rings. The van der Waals surface area contributed by atoms with Crippen molar-refractivity contribution in [3.8, 4) is 5.75 Å². The fraction of sp³-hybridized carbons (Fsp3) is 0.250. The summed E-state index contributed by atoms with van der Waals surface area (Å²) in [5, 5.41) is 17.3. The molecule has 0 bridgehead atoms. The lowest BCUT2D eigenvalue weighted by atomic mass is 10.3. The predicted molar refractivity (Wildman–Crippen MR) is 65.4 cm³/mol. The number of carbonyl (C=O) groups is 1. The van der Waals surface area contributed by atoms with Gasteiger partial charge in [-0.25, -0.2) is 4.39 Å². The van der Waals surface area contributed by atoms with E-state index in [1.54, 1.807) is 0 Å². The van der Waals surface area contributed by atoms with Gasteiger partial charge in [0.1, 0.15) is 11.6 Å². The van der Waals surface area contributed by atoms with Gasteiger partial charge in [-0.05, 0) is 31.2 Å². The maximum absolute atomic E-state index is 12.7. The van der Waals surface area contributed by atoms with Crippen molar-refractivity contribution < 1.29 is 23.4 Å². The van der Waals surface area contributed by atoms with Crippen molar-refractivity contribution in [2.24, 2.45) is 0 Å². The molecular weight excluding hydrogens is 287 g/mol. The van der Waals surface area contributed by atoms with Gasteiger partial charge < -0.3 is 19.1 Å². The Morgan fingerprint density at radius 2 is 2.15 bits per heavy atom. The molecule has 2 rings (SSSR count). The summed E-state index contributed by atoms with van der Waals surface area (Å²) in [5.41, 5.74) is 0. The van der Waals surface area contributed by atoms with Gasteiger partial charge in [0.25, 0.3) is 11.1 Å². The van der Waals surface area contributed by atoms with Crippen molar-refractivity contribution in [1.82, 2.24) is 10.2 Å². The molecule has 1 heterocycles. The minimum atomic E-state index is -1.21. The van der Waals surface area contributed by atoms with E-state index in [0.29, 0.717) is 5.75 Å². The number of hydrogen-bond acceptors (Lipinski definition) is 7. The zero-order valence-corrected chi connectivity index (χ0v) is 11.2. The molecule has 0 fully saturated rings. The molecule has 1 atom stereocenters. The first kappa shape index (κ1) is 14.3. The quantitative estimate of drug-likeness (QED) is 0.735. The normalized spacial score (nSPS) is 12.1. The number of carboxylic acid groups (broad SMARTS) is 1. The van der Waals surface area contributed by atoms with Crippen molar-refractivity contribution >= 4 is 17.7 Å². The van der Waals surface area contributed by atoms with Crippen LogP contribution in [0.25, 0.3) is 0 Å². The molecule has 0 aliphatic carbocycles. The molecule has 0 unspecified atom stereocenters. The van der Waals surface area contributed by atoms with Crippen molar-refractivity contribution in [1.29, 1.82) is 0 Å². The maximum Gasteiger partial charge on any atom is 0.277 e. The maximum atomic E-state index is 12.7. The highest BCUT2D eigenvalue weighted by atomic mass is 32.2. The molecule has 0 saturated heterocycles. The van der Waals surface area contributed by atoms with Crippen LogP contribution in [0.3, 0.4) is 0 Å². The topological polar surface area (TPSA) is 88.3 Å². The largest absolute Gasteiger partial charge is 0.549 e. The van der Waals surface area contributed by atoms with Crippen LogP contribution in [-0.4, -0.2) is 21.4 Å². The Morgan fingerprint density at radius 1 is 1.45 bits per heavy atom. The summed E-state index contributed by atoms with van der Waals surface area (Å²) < 4.78 is 23.2. The number of hydrogen-bond donors (Lipinski definition) is 0. The lowest BCUT2D eigenvalue weighted by molar-refractivity contribution is -0.304. The summed E-state index contributed by atoms with van der Waals surface area (Å²) in [5.74, 6) is -0.910. The van der Waals surface area contributed by atoms with Crippen LogP contribution in [0.4, 0.5) is 4.39 Å². The second-order valence-electron chi connectivity index (χ2n) is 3.78. The molecule has 0 aliphatic heterocycles. The number of aromatic nitrogens is 2. The highest BCUT2D eigenvalue weighted by molar-refractivity contribution is 8.00. The fourth-order valence-electron chi connectivity index (χ4n) is 1.22. The highest BCUT2D eigenvalue weighted by Crippen LogP contribution is 2.21. The first-order valence-electron chi connectivity index (χ1n) is 5.63. The van der Waals surface area contributed by atoms with Crippen LogP contribution in [0.1, 0.15) is 12.8 Å². The van der Waals surface area contributed by atoms with Gasteiger partial charge in [0, 0.05) is 0 Å². The van der Waals surface area contributed by atoms with Gasteiger partial charge in [-0.15, -0.1) is 10.2 Å². The monoisotopic (exact) mass is 297 g/mol. The first-order valence-corrected chi connectivity index (χ1v) is 6.51. The van der Waals surface area contributed by atoms with Crippen LogP contribution in [0.15, 0.2) is 33.9 Å². The predicted octanol–water partition coefficient (Wildman–Crippen LogP) is 1.02. The Bertz CT molecular complexity index is 587. The summed E-state index contributed by atoms with van der Waals surface area (Å²) in [4.78, 5) is 10.6. The van der Waals surface area contributed by atoms with Gasteiger partial charge in [-0.3, -0.25) is 0 Å². The molecular formula is C12H10FN2O4S-. The smallest absolute Gasteiger partial charge is 0.277 e. The zero-order chi connectivity index (χ0) is 14.5. The number of thioether (sulfide) groups is 1. The van der Waals surface area contributed by atoms with Gasteiger partial charge >= 0.3 is 0 Å². The minimum absolute atomic E-state index is 0.0128. The van der Waals surface area contributed by atoms with Crippen molar-refractivity contribution in [2.75, 3.05) is 0 Å². The molecule has 0 spiro atoms. The second-order valence-corrected chi connectivity index (χ2v) is 5.08. The van der Waals surface area contributed by atoms with Crippen molar-refractivity contribution in [3.05, 3.63) is 36.0 Å². The Balaban J connectivity index is 1.89. The number of rotatable bonds is 6. The van der Waals surface area contributed by atoms with E-state index in [2.05, 4.69) is 10.2 Å². The van der Waals surface area contributed by atoms with E-state index in [1.165, 1.54) is 31.2 Å². The van der Waals surface area contributed by atoms with Crippen LogP contribution in [-0.2, 0) is 11.4 Å². The van der Waals surface area contributed by atoms with Crippen LogP contribution in [0.5, 0.6) is 5.75 Å². The standard InChI is InChI=1S/C12H11FN2O4S/c1-7(11(16)17)20-12-15-14-10(19-12)6-18-9-4-2-8(13)3-5-9/h2-5,7H,6H2,1H3,(H,16,17)/p-1/t7-/m0/s1. The van der Waals surface area contributed by atoms with E-state index >= 15 is 0 Å². The highest BCUT2D eigenvalue weighted by Gasteiger charge is 2.12. The second kappa shape index (κ2) is 6.38. The average molecular weight is 297 g/mol. The SMILES string of the molecule is C[C@H](Sc1nnc(COc2ccc(F)cc2)o1)C(=O)[O-]. The van der Waals surface area contributed by atoms with Crippen LogP contribution < -0.4 is 9.84 Å². The lowest BCUT2D eigenvalue weighted by Gasteiger charge is -2.07.